The van der Waals surface area contributed by atoms with Gasteiger partial charge in [0.05, 0.1) is 31.4 Å². The van der Waals surface area contributed by atoms with Gasteiger partial charge in [0.15, 0.2) is 11.5 Å². The summed E-state index contributed by atoms with van der Waals surface area (Å²) < 4.78 is 11.6. The summed E-state index contributed by atoms with van der Waals surface area (Å²) in [5, 5.41) is 25.3. The van der Waals surface area contributed by atoms with Gasteiger partial charge in [-0.2, -0.15) is 5.26 Å². The summed E-state index contributed by atoms with van der Waals surface area (Å²) in [4.78, 5) is 13.6. The number of anilines is 1. The highest BCUT2D eigenvalue weighted by atomic mass is 16.5. The van der Waals surface area contributed by atoms with Crippen molar-refractivity contribution in [3.63, 3.8) is 0 Å². The number of ether oxygens (including phenoxy) is 2. The minimum Gasteiger partial charge on any atom is -0.493 e. The second-order valence-electron chi connectivity index (χ2n) is 8.61. The number of benzene rings is 4. The maximum Gasteiger partial charge on any atom is 0.247 e. The minimum atomic E-state index is -0.822. The van der Waals surface area contributed by atoms with Crippen molar-refractivity contribution in [2.45, 2.75) is 18.7 Å². The van der Waals surface area contributed by atoms with Gasteiger partial charge in [-0.25, -0.2) is 0 Å². The number of nitriles is 1. The van der Waals surface area contributed by atoms with Crippen LogP contribution in [0.25, 0.3) is 0 Å². The molecule has 0 saturated carbocycles. The molecule has 0 radical (unpaired) electrons. The van der Waals surface area contributed by atoms with Crippen LogP contribution < -0.4 is 20.1 Å². The van der Waals surface area contributed by atoms with Crippen LogP contribution in [-0.4, -0.2) is 24.7 Å². The minimum absolute atomic E-state index is 0.255. The van der Waals surface area contributed by atoms with E-state index in [-0.39, 0.29) is 12.5 Å². The molecular weight excluding hydrogens is 478 g/mol. The van der Waals surface area contributed by atoms with Crippen LogP contribution in [0.1, 0.15) is 34.3 Å². The molecule has 0 saturated heterocycles. The van der Waals surface area contributed by atoms with Crippen molar-refractivity contribution in [3.05, 3.63) is 125 Å². The van der Waals surface area contributed by atoms with Crippen molar-refractivity contribution in [3.8, 4) is 17.6 Å². The Labute approximate surface area is 222 Å². The van der Waals surface area contributed by atoms with Crippen molar-refractivity contribution in [1.82, 2.24) is 5.32 Å². The fraction of sp³-hybridized carbons (Fsp3) is 0.161. The average molecular weight is 508 g/mol. The Bertz CT molecular complexity index is 1370. The molecule has 0 spiro atoms. The van der Waals surface area contributed by atoms with Crippen LogP contribution >= 0.6 is 0 Å². The predicted octanol–water partition coefficient (Wildman–Crippen LogP) is 5.15. The maximum atomic E-state index is 13.6. The summed E-state index contributed by atoms with van der Waals surface area (Å²) in [6.07, 6.45) is 0. The lowest BCUT2D eigenvalue weighted by atomic mass is 10.0. The summed E-state index contributed by atoms with van der Waals surface area (Å²) in [7, 11) is 1.55. The third kappa shape index (κ3) is 6.69. The lowest BCUT2D eigenvalue weighted by Gasteiger charge is -2.24. The van der Waals surface area contributed by atoms with Gasteiger partial charge >= 0.3 is 0 Å². The van der Waals surface area contributed by atoms with Crippen LogP contribution in [0.4, 0.5) is 5.69 Å². The van der Waals surface area contributed by atoms with E-state index in [0.717, 1.165) is 11.1 Å². The molecule has 7 nitrogen and oxygen atoms in total. The summed E-state index contributed by atoms with van der Waals surface area (Å²) >= 11 is 0. The summed E-state index contributed by atoms with van der Waals surface area (Å²) in [6.45, 7) is 0.119. The number of aliphatic hydroxyl groups is 1. The average Bonchev–Trinajstić information content (AvgIpc) is 2.98. The van der Waals surface area contributed by atoms with Gasteiger partial charge < -0.3 is 25.2 Å². The van der Waals surface area contributed by atoms with Gasteiger partial charge in [-0.3, -0.25) is 4.79 Å². The Kier molecular flexibility index (Phi) is 8.95. The van der Waals surface area contributed by atoms with E-state index in [0.29, 0.717) is 34.9 Å². The molecule has 1 unspecified atom stereocenters. The lowest BCUT2D eigenvalue weighted by Crippen LogP contribution is -2.37. The number of amides is 1. The molecule has 2 atom stereocenters. The third-order valence-corrected chi connectivity index (χ3v) is 6.05. The van der Waals surface area contributed by atoms with Gasteiger partial charge in [-0.1, -0.05) is 66.7 Å². The normalized spacial score (nSPS) is 12.0. The number of carbonyl (C=O) groups is 1. The van der Waals surface area contributed by atoms with E-state index in [1.54, 1.807) is 49.6 Å². The monoisotopic (exact) mass is 507 g/mol. The SMILES string of the molecule is COc1cc(C(Nc2ccc(C#N)cc2)C(=O)N[C@H](CO)c2ccccc2)ccc1OCc1ccccc1. The number of methoxy groups -OCH3 is 1. The third-order valence-electron chi connectivity index (χ3n) is 6.05. The van der Waals surface area contributed by atoms with E-state index in [2.05, 4.69) is 16.7 Å². The highest BCUT2D eigenvalue weighted by Crippen LogP contribution is 2.33. The molecule has 4 aromatic carbocycles. The predicted molar refractivity (Wildman–Crippen MR) is 146 cm³/mol. The Morgan fingerprint density at radius 2 is 1.58 bits per heavy atom. The van der Waals surface area contributed by atoms with Crippen molar-refractivity contribution in [1.29, 1.82) is 5.26 Å². The molecule has 0 aliphatic heterocycles. The fourth-order valence-corrected chi connectivity index (χ4v) is 4.00. The van der Waals surface area contributed by atoms with Crippen molar-refractivity contribution in [2.75, 3.05) is 19.0 Å². The molecule has 0 fully saturated rings. The van der Waals surface area contributed by atoms with E-state index in [4.69, 9.17) is 14.7 Å². The van der Waals surface area contributed by atoms with E-state index in [1.165, 1.54) is 0 Å². The highest BCUT2D eigenvalue weighted by Gasteiger charge is 2.25. The molecule has 1 amide bonds. The van der Waals surface area contributed by atoms with Gasteiger partial charge in [0.25, 0.3) is 0 Å². The largest absolute Gasteiger partial charge is 0.493 e. The molecule has 38 heavy (non-hydrogen) atoms. The number of carbonyl (C=O) groups excluding carboxylic acids is 1. The molecule has 0 aromatic heterocycles. The van der Waals surface area contributed by atoms with E-state index in [9.17, 15) is 9.90 Å². The Morgan fingerprint density at radius 3 is 2.21 bits per heavy atom. The van der Waals surface area contributed by atoms with Crippen molar-refractivity contribution >= 4 is 11.6 Å². The van der Waals surface area contributed by atoms with E-state index >= 15 is 0 Å². The molecule has 192 valence electrons. The molecule has 0 aliphatic carbocycles. The zero-order chi connectivity index (χ0) is 26.7. The van der Waals surface area contributed by atoms with Crippen LogP contribution in [0.15, 0.2) is 103 Å². The van der Waals surface area contributed by atoms with Gasteiger partial charge in [0.2, 0.25) is 5.91 Å². The first kappa shape index (κ1) is 26.3. The van der Waals surface area contributed by atoms with Gasteiger partial charge in [0.1, 0.15) is 12.6 Å². The number of nitrogens with one attached hydrogen (secondary N) is 2. The van der Waals surface area contributed by atoms with Gasteiger partial charge in [0, 0.05) is 5.69 Å². The smallest absolute Gasteiger partial charge is 0.247 e. The number of aliphatic hydroxyl groups excluding tert-OH is 1. The van der Waals surface area contributed by atoms with Crippen LogP contribution in [0.3, 0.4) is 0 Å². The Hall–Kier alpha value is -4.80. The first-order chi connectivity index (χ1) is 18.6. The molecule has 7 heteroatoms. The lowest BCUT2D eigenvalue weighted by molar-refractivity contribution is -0.123. The molecule has 4 rings (SSSR count). The van der Waals surface area contributed by atoms with Gasteiger partial charge in [-0.15, -0.1) is 0 Å². The molecule has 0 heterocycles. The molecular formula is C31H29N3O4. The first-order valence-corrected chi connectivity index (χ1v) is 12.2. The number of nitrogens with zero attached hydrogens (tertiary/aromatic N) is 1. The van der Waals surface area contributed by atoms with Gasteiger partial charge in [-0.05, 0) is 53.1 Å². The first-order valence-electron chi connectivity index (χ1n) is 12.2. The summed E-state index contributed by atoms with van der Waals surface area (Å²) in [5.41, 5.74) is 3.63. The Balaban J connectivity index is 1.61. The second-order valence-corrected chi connectivity index (χ2v) is 8.61. The molecule has 0 aliphatic rings. The summed E-state index contributed by atoms with van der Waals surface area (Å²) in [6, 6.07) is 32.0. The topological polar surface area (TPSA) is 104 Å². The Morgan fingerprint density at radius 1 is 0.895 bits per heavy atom. The van der Waals surface area contributed by atoms with E-state index < -0.39 is 12.1 Å². The van der Waals surface area contributed by atoms with Crippen molar-refractivity contribution < 1.29 is 19.4 Å². The maximum absolute atomic E-state index is 13.6. The van der Waals surface area contributed by atoms with Crippen LogP contribution in [0.5, 0.6) is 11.5 Å². The van der Waals surface area contributed by atoms with Crippen molar-refractivity contribution in [2.24, 2.45) is 0 Å². The van der Waals surface area contributed by atoms with Crippen LogP contribution in [0, 0.1) is 11.3 Å². The van der Waals surface area contributed by atoms with Crippen LogP contribution in [-0.2, 0) is 11.4 Å². The zero-order valence-corrected chi connectivity index (χ0v) is 21.0. The molecule has 4 aromatic rings. The fourth-order valence-electron chi connectivity index (χ4n) is 4.00. The number of rotatable bonds is 11. The summed E-state index contributed by atoms with van der Waals surface area (Å²) in [5.74, 6) is 0.701. The van der Waals surface area contributed by atoms with Crippen LogP contribution in [0.2, 0.25) is 0 Å². The van der Waals surface area contributed by atoms with E-state index in [1.807, 2.05) is 60.7 Å². The quantitative estimate of drug-likeness (QED) is 0.259. The molecule has 3 N–H and O–H groups in total. The second kappa shape index (κ2) is 12.9. The standard InChI is InChI=1S/C31H29N3O4/c1-37-29-18-25(14-17-28(29)38-21-23-8-4-2-5-9-23)30(33-26-15-12-22(19-32)13-16-26)31(36)34-27(20-35)24-10-6-3-7-11-24/h2-18,27,30,33,35H,20-21H2,1H3,(H,34,36)/t27-,30?/m1/s1. The number of hydrogen-bond donors (Lipinski definition) is 3. The zero-order valence-electron chi connectivity index (χ0n) is 21.0. The highest BCUT2D eigenvalue weighted by molar-refractivity contribution is 5.86. The molecule has 0 bridgehead atoms. The number of hydrogen-bond acceptors (Lipinski definition) is 6.